The van der Waals surface area contributed by atoms with Gasteiger partial charge in [-0.1, -0.05) is 19.1 Å². The number of azo groups is 1. The zero-order valence-electron chi connectivity index (χ0n) is 8.11. The van der Waals surface area contributed by atoms with Gasteiger partial charge in [0.2, 0.25) is 0 Å². The van der Waals surface area contributed by atoms with Crippen molar-refractivity contribution >= 4 is 0 Å². The fraction of sp³-hybridized carbons (Fsp3) is 0.636. The zero-order valence-corrected chi connectivity index (χ0v) is 8.11. The van der Waals surface area contributed by atoms with Crippen LogP contribution in [0, 0.1) is 11.3 Å². The summed E-state index contributed by atoms with van der Waals surface area (Å²) in [6.07, 6.45) is 6.38. The lowest BCUT2D eigenvalue weighted by Gasteiger charge is -2.48. The summed E-state index contributed by atoms with van der Waals surface area (Å²) in [5, 5.41) is 8.63. The summed E-state index contributed by atoms with van der Waals surface area (Å²) in [6.45, 7) is 10.0. The van der Waals surface area contributed by atoms with E-state index in [-0.39, 0.29) is 5.41 Å². The van der Waals surface area contributed by atoms with E-state index in [2.05, 4.69) is 30.3 Å². The molecular weight excluding hydrogens is 160 g/mol. The molecule has 1 fully saturated rings. The molecule has 0 N–H and O–H groups in total. The molecule has 2 aliphatic heterocycles. The van der Waals surface area contributed by atoms with E-state index in [1.807, 2.05) is 12.2 Å². The lowest BCUT2D eigenvalue weighted by atomic mass is 9.62. The molecule has 2 heterocycles. The lowest BCUT2D eigenvalue weighted by Crippen LogP contribution is -2.48. The van der Waals surface area contributed by atoms with Crippen molar-refractivity contribution in [2.45, 2.75) is 31.8 Å². The molecular formula is C11H16N2. The van der Waals surface area contributed by atoms with Crippen molar-refractivity contribution < 1.29 is 0 Å². The SMILES string of the molecule is C=C[C@@H]1[C@H]2CC[C@H](N=N2)[C@]1(C)C=C. The molecule has 0 aromatic heterocycles. The van der Waals surface area contributed by atoms with E-state index in [0.29, 0.717) is 18.0 Å². The van der Waals surface area contributed by atoms with Gasteiger partial charge in [-0.3, -0.25) is 0 Å². The molecule has 3 aliphatic rings. The molecule has 1 aliphatic carbocycles. The highest BCUT2D eigenvalue weighted by molar-refractivity contribution is 5.16. The van der Waals surface area contributed by atoms with E-state index < -0.39 is 0 Å². The number of nitrogens with zero attached hydrogens (tertiary/aromatic N) is 2. The van der Waals surface area contributed by atoms with Gasteiger partial charge in [0.1, 0.15) is 0 Å². The highest BCUT2D eigenvalue weighted by atomic mass is 15.2. The minimum Gasteiger partial charge on any atom is -0.190 e. The maximum absolute atomic E-state index is 4.33. The predicted octanol–water partition coefficient (Wildman–Crippen LogP) is 2.98. The summed E-state index contributed by atoms with van der Waals surface area (Å²) in [6, 6.07) is 0.684. The van der Waals surface area contributed by atoms with Crippen LogP contribution in [0.1, 0.15) is 19.8 Å². The largest absolute Gasteiger partial charge is 0.190 e. The van der Waals surface area contributed by atoms with Crippen molar-refractivity contribution in [1.29, 1.82) is 0 Å². The Morgan fingerprint density at radius 3 is 2.46 bits per heavy atom. The number of hydrogen-bond donors (Lipinski definition) is 0. The van der Waals surface area contributed by atoms with E-state index >= 15 is 0 Å². The summed E-state index contributed by atoms with van der Waals surface area (Å²) in [5.41, 5.74) is 0.0897. The normalized spacial score (nSPS) is 47.6. The Kier molecular flexibility index (Phi) is 1.86. The smallest absolute Gasteiger partial charge is 0.0803 e. The topological polar surface area (TPSA) is 24.7 Å². The van der Waals surface area contributed by atoms with Gasteiger partial charge in [0, 0.05) is 11.3 Å². The third-order valence-corrected chi connectivity index (χ3v) is 3.63. The van der Waals surface area contributed by atoms with Crippen molar-refractivity contribution in [3.05, 3.63) is 25.3 Å². The first-order valence-electron chi connectivity index (χ1n) is 4.88. The van der Waals surface area contributed by atoms with Crippen LogP contribution in [0.25, 0.3) is 0 Å². The second-order valence-corrected chi connectivity index (χ2v) is 4.22. The van der Waals surface area contributed by atoms with Crippen LogP contribution in [0.2, 0.25) is 0 Å². The Morgan fingerprint density at radius 2 is 2.08 bits per heavy atom. The molecule has 0 aromatic carbocycles. The van der Waals surface area contributed by atoms with Crippen molar-refractivity contribution in [3.8, 4) is 0 Å². The maximum atomic E-state index is 4.33. The Hall–Kier alpha value is -0.920. The molecule has 0 saturated heterocycles. The van der Waals surface area contributed by atoms with E-state index in [1.165, 1.54) is 0 Å². The molecule has 13 heavy (non-hydrogen) atoms. The van der Waals surface area contributed by atoms with Crippen LogP contribution >= 0.6 is 0 Å². The average molecular weight is 176 g/mol. The first-order valence-corrected chi connectivity index (χ1v) is 4.88. The fourth-order valence-corrected chi connectivity index (χ4v) is 2.62. The molecule has 4 atom stereocenters. The van der Waals surface area contributed by atoms with Crippen LogP contribution in [-0.2, 0) is 0 Å². The van der Waals surface area contributed by atoms with Gasteiger partial charge >= 0.3 is 0 Å². The molecule has 0 spiro atoms. The standard InChI is InChI=1S/C11H16N2/c1-4-8-9-6-7-10(13-12-9)11(8,3)5-2/h4-5,8-10H,1-2,6-7H2,3H3/t8-,9-,10+,11-/m1/s1. The number of hydrogen-bond acceptors (Lipinski definition) is 2. The van der Waals surface area contributed by atoms with Gasteiger partial charge in [-0.2, -0.15) is 10.2 Å². The van der Waals surface area contributed by atoms with E-state index in [0.717, 1.165) is 12.8 Å². The molecule has 70 valence electrons. The van der Waals surface area contributed by atoms with Crippen molar-refractivity contribution in [1.82, 2.24) is 0 Å². The summed E-state index contributed by atoms with van der Waals surface area (Å²) < 4.78 is 0. The Morgan fingerprint density at radius 1 is 1.31 bits per heavy atom. The summed E-state index contributed by atoms with van der Waals surface area (Å²) >= 11 is 0. The highest BCUT2D eigenvalue weighted by Crippen LogP contribution is 2.48. The highest BCUT2D eigenvalue weighted by Gasteiger charge is 2.48. The lowest BCUT2D eigenvalue weighted by molar-refractivity contribution is 0.115. The Bertz CT molecular complexity index is 269. The van der Waals surface area contributed by atoms with Crippen LogP contribution in [-0.4, -0.2) is 12.1 Å². The number of rotatable bonds is 2. The van der Waals surface area contributed by atoms with Crippen LogP contribution in [0.4, 0.5) is 0 Å². The molecule has 2 nitrogen and oxygen atoms in total. The molecule has 1 saturated carbocycles. The molecule has 0 radical (unpaired) electrons. The second-order valence-electron chi connectivity index (χ2n) is 4.22. The van der Waals surface area contributed by atoms with Crippen molar-refractivity contribution in [3.63, 3.8) is 0 Å². The van der Waals surface area contributed by atoms with Gasteiger partial charge < -0.3 is 0 Å². The quantitative estimate of drug-likeness (QED) is 0.578. The first-order chi connectivity index (χ1) is 6.22. The monoisotopic (exact) mass is 176 g/mol. The third kappa shape index (κ3) is 1.01. The van der Waals surface area contributed by atoms with Gasteiger partial charge in [0.05, 0.1) is 12.1 Å². The minimum atomic E-state index is 0.0897. The second kappa shape index (κ2) is 2.79. The van der Waals surface area contributed by atoms with Gasteiger partial charge in [-0.15, -0.1) is 13.2 Å². The Labute approximate surface area is 79.4 Å². The molecule has 0 unspecified atom stereocenters. The van der Waals surface area contributed by atoms with Gasteiger partial charge in [0.15, 0.2) is 0 Å². The summed E-state index contributed by atoms with van der Waals surface area (Å²) in [4.78, 5) is 0. The van der Waals surface area contributed by atoms with E-state index in [4.69, 9.17) is 0 Å². The Balaban J connectivity index is 2.41. The molecule has 0 amide bonds. The summed E-state index contributed by atoms with van der Waals surface area (Å²) in [7, 11) is 0. The fourth-order valence-electron chi connectivity index (χ4n) is 2.62. The molecule has 0 aromatic rings. The van der Waals surface area contributed by atoms with Crippen LogP contribution in [0.3, 0.4) is 0 Å². The molecule has 2 bridgehead atoms. The third-order valence-electron chi connectivity index (χ3n) is 3.63. The van der Waals surface area contributed by atoms with Crippen molar-refractivity contribution in [2.75, 3.05) is 0 Å². The first kappa shape index (κ1) is 8.67. The van der Waals surface area contributed by atoms with Gasteiger partial charge in [-0.05, 0) is 12.8 Å². The van der Waals surface area contributed by atoms with Crippen LogP contribution in [0.15, 0.2) is 35.5 Å². The minimum absolute atomic E-state index is 0.0897. The van der Waals surface area contributed by atoms with Crippen LogP contribution < -0.4 is 0 Å². The van der Waals surface area contributed by atoms with E-state index in [9.17, 15) is 0 Å². The average Bonchev–Trinajstić information content (AvgIpc) is 2.19. The van der Waals surface area contributed by atoms with Crippen LogP contribution in [0.5, 0.6) is 0 Å². The van der Waals surface area contributed by atoms with E-state index in [1.54, 1.807) is 0 Å². The maximum Gasteiger partial charge on any atom is 0.0803 e. The van der Waals surface area contributed by atoms with Gasteiger partial charge in [-0.25, -0.2) is 0 Å². The predicted molar refractivity (Wildman–Crippen MR) is 53.7 cm³/mol. The summed E-state index contributed by atoms with van der Waals surface area (Å²) in [5.74, 6) is 0.432. The van der Waals surface area contributed by atoms with Crippen molar-refractivity contribution in [2.24, 2.45) is 21.6 Å². The number of fused-ring (bicyclic) bond motifs is 2. The molecule has 2 heteroatoms. The zero-order chi connectivity index (χ0) is 9.47. The molecule has 3 rings (SSSR count). The van der Waals surface area contributed by atoms with Gasteiger partial charge in [0.25, 0.3) is 0 Å².